The number of nitrogens with zero attached hydrogens (tertiary/aromatic N) is 3. The Morgan fingerprint density at radius 2 is 2.17 bits per heavy atom. The fourth-order valence-electron chi connectivity index (χ4n) is 3.76. The van der Waals surface area contributed by atoms with E-state index in [0.717, 1.165) is 57.4 Å². The predicted molar refractivity (Wildman–Crippen MR) is 111 cm³/mol. The minimum absolute atomic E-state index is 0.0980. The van der Waals surface area contributed by atoms with Crippen molar-refractivity contribution in [3.05, 3.63) is 30.3 Å². The van der Waals surface area contributed by atoms with Crippen LogP contribution in [0.25, 0.3) is 11.3 Å². The number of aromatic nitrogens is 3. The summed E-state index contributed by atoms with van der Waals surface area (Å²) in [5.41, 5.74) is 1.55. The number of rotatable bonds is 6. The van der Waals surface area contributed by atoms with Crippen molar-refractivity contribution in [2.24, 2.45) is 11.3 Å². The molecular formula is C21H27FN6O2. The standard InChI is InChI=1S/C21H27FN6O2/c1-21(3-6-30-7-4-21)13-25-15-8-18(28-26-11-15)16-9-19(24-12-17(16)22)27-20(29)14-2-5-23-10-14/h8-9,11-12,14,23H,2-7,10,13H2,1H3,(H,25,28)(H,24,27,29)/t14-/m1/s1. The van der Waals surface area contributed by atoms with Gasteiger partial charge in [0.05, 0.1) is 29.7 Å². The highest BCUT2D eigenvalue weighted by molar-refractivity contribution is 5.92. The average molecular weight is 414 g/mol. The Hall–Kier alpha value is -2.65. The molecule has 160 valence electrons. The van der Waals surface area contributed by atoms with Gasteiger partial charge in [-0.1, -0.05) is 6.92 Å². The zero-order valence-corrected chi connectivity index (χ0v) is 17.1. The number of hydrogen-bond acceptors (Lipinski definition) is 7. The van der Waals surface area contributed by atoms with E-state index in [4.69, 9.17) is 4.74 Å². The number of nitrogens with one attached hydrogen (secondary N) is 3. The van der Waals surface area contributed by atoms with Crippen LogP contribution >= 0.6 is 0 Å². The van der Waals surface area contributed by atoms with Crippen LogP contribution in [-0.4, -0.2) is 53.9 Å². The number of ether oxygens (including phenoxy) is 1. The highest BCUT2D eigenvalue weighted by Gasteiger charge is 2.27. The Kier molecular flexibility index (Phi) is 6.19. The summed E-state index contributed by atoms with van der Waals surface area (Å²) in [6.07, 6.45) is 5.49. The molecule has 2 aromatic heterocycles. The minimum atomic E-state index is -0.515. The topological polar surface area (TPSA) is 101 Å². The third-order valence-corrected chi connectivity index (χ3v) is 5.89. The zero-order valence-electron chi connectivity index (χ0n) is 17.1. The first-order valence-electron chi connectivity index (χ1n) is 10.3. The highest BCUT2D eigenvalue weighted by atomic mass is 19.1. The lowest BCUT2D eigenvalue weighted by Gasteiger charge is -2.33. The van der Waals surface area contributed by atoms with Crippen molar-refractivity contribution in [1.82, 2.24) is 20.5 Å². The van der Waals surface area contributed by atoms with Gasteiger partial charge in [0.25, 0.3) is 0 Å². The number of anilines is 2. The second-order valence-corrected chi connectivity index (χ2v) is 8.33. The molecule has 0 aliphatic carbocycles. The smallest absolute Gasteiger partial charge is 0.229 e. The maximum absolute atomic E-state index is 14.5. The van der Waals surface area contributed by atoms with Crippen molar-refractivity contribution in [2.75, 3.05) is 43.5 Å². The van der Waals surface area contributed by atoms with Crippen molar-refractivity contribution in [2.45, 2.75) is 26.2 Å². The first-order chi connectivity index (χ1) is 14.5. The monoisotopic (exact) mass is 414 g/mol. The summed E-state index contributed by atoms with van der Waals surface area (Å²) in [4.78, 5) is 16.3. The van der Waals surface area contributed by atoms with Gasteiger partial charge >= 0.3 is 0 Å². The van der Waals surface area contributed by atoms with Gasteiger partial charge in [-0.05, 0) is 43.4 Å². The van der Waals surface area contributed by atoms with E-state index in [1.165, 1.54) is 6.07 Å². The molecule has 1 amide bonds. The van der Waals surface area contributed by atoms with E-state index in [-0.39, 0.29) is 22.8 Å². The summed E-state index contributed by atoms with van der Waals surface area (Å²) in [7, 11) is 0. The summed E-state index contributed by atoms with van der Waals surface area (Å²) in [6, 6.07) is 3.27. The minimum Gasteiger partial charge on any atom is -0.383 e. The third-order valence-electron chi connectivity index (χ3n) is 5.89. The van der Waals surface area contributed by atoms with Crippen molar-refractivity contribution < 1.29 is 13.9 Å². The van der Waals surface area contributed by atoms with Crippen LogP contribution in [0.4, 0.5) is 15.9 Å². The Bertz CT molecular complexity index is 897. The van der Waals surface area contributed by atoms with Crippen LogP contribution in [0.1, 0.15) is 26.2 Å². The largest absolute Gasteiger partial charge is 0.383 e. The van der Waals surface area contributed by atoms with E-state index < -0.39 is 5.82 Å². The van der Waals surface area contributed by atoms with Crippen LogP contribution in [0.3, 0.4) is 0 Å². The van der Waals surface area contributed by atoms with Crippen LogP contribution in [0.2, 0.25) is 0 Å². The Balaban J connectivity index is 1.47. The van der Waals surface area contributed by atoms with Crippen molar-refractivity contribution in [3.8, 4) is 11.3 Å². The lowest BCUT2D eigenvalue weighted by molar-refractivity contribution is -0.119. The SMILES string of the molecule is CC1(CNc2cnnc(-c3cc(NC(=O)[C@@H]4CCNC4)ncc3F)c2)CCOCC1. The van der Waals surface area contributed by atoms with Gasteiger partial charge in [-0.2, -0.15) is 10.2 Å². The number of pyridine rings is 1. The fraction of sp³-hybridized carbons (Fsp3) is 0.524. The molecular weight excluding hydrogens is 387 g/mol. The summed E-state index contributed by atoms with van der Waals surface area (Å²) in [6.45, 7) is 6.01. The van der Waals surface area contributed by atoms with E-state index in [9.17, 15) is 9.18 Å². The maximum Gasteiger partial charge on any atom is 0.229 e. The molecule has 4 heterocycles. The van der Waals surface area contributed by atoms with Crippen LogP contribution in [-0.2, 0) is 9.53 Å². The summed E-state index contributed by atoms with van der Waals surface area (Å²) in [5.74, 6) is -0.424. The molecule has 30 heavy (non-hydrogen) atoms. The quantitative estimate of drug-likeness (QED) is 0.667. The van der Waals surface area contributed by atoms with Gasteiger partial charge in [-0.15, -0.1) is 0 Å². The molecule has 2 fully saturated rings. The molecule has 0 spiro atoms. The van der Waals surface area contributed by atoms with Gasteiger partial charge in [-0.3, -0.25) is 4.79 Å². The summed E-state index contributed by atoms with van der Waals surface area (Å²) >= 11 is 0. The molecule has 8 nitrogen and oxygen atoms in total. The molecule has 0 radical (unpaired) electrons. The van der Waals surface area contributed by atoms with E-state index in [1.807, 2.05) is 0 Å². The Morgan fingerprint density at radius 1 is 1.33 bits per heavy atom. The van der Waals surface area contributed by atoms with Gasteiger partial charge in [0, 0.05) is 31.9 Å². The highest BCUT2D eigenvalue weighted by Crippen LogP contribution is 2.30. The molecule has 9 heteroatoms. The molecule has 0 aromatic carbocycles. The first-order valence-corrected chi connectivity index (χ1v) is 10.3. The second kappa shape index (κ2) is 9.01. The number of halogens is 1. The van der Waals surface area contributed by atoms with Crippen LogP contribution in [0.15, 0.2) is 24.5 Å². The van der Waals surface area contributed by atoms with E-state index in [0.29, 0.717) is 18.1 Å². The average Bonchev–Trinajstić information content (AvgIpc) is 3.30. The van der Waals surface area contributed by atoms with Gasteiger partial charge in [-0.25, -0.2) is 9.37 Å². The van der Waals surface area contributed by atoms with Crippen LogP contribution < -0.4 is 16.0 Å². The molecule has 2 aliphatic heterocycles. The molecule has 0 unspecified atom stereocenters. The molecule has 2 saturated heterocycles. The van der Waals surface area contributed by atoms with E-state index in [1.54, 1.807) is 12.3 Å². The fourth-order valence-corrected chi connectivity index (χ4v) is 3.76. The van der Waals surface area contributed by atoms with Crippen molar-refractivity contribution in [3.63, 3.8) is 0 Å². The van der Waals surface area contributed by atoms with Gasteiger partial charge in [0.15, 0.2) is 5.82 Å². The lowest BCUT2D eigenvalue weighted by Crippen LogP contribution is -2.33. The molecule has 3 N–H and O–H groups in total. The molecule has 0 saturated carbocycles. The van der Waals surface area contributed by atoms with Gasteiger partial charge in [0.1, 0.15) is 5.82 Å². The molecule has 2 aliphatic rings. The van der Waals surface area contributed by atoms with Crippen LogP contribution in [0.5, 0.6) is 0 Å². The van der Waals surface area contributed by atoms with Crippen molar-refractivity contribution >= 4 is 17.4 Å². The van der Waals surface area contributed by atoms with E-state index in [2.05, 4.69) is 38.1 Å². The molecule has 0 bridgehead atoms. The number of carbonyl (C=O) groups excluding carboxylic acids is 1. The lowest BCUT2D eigenvalue weighted by atomic mass is 9.82. The van der Waals surface area contributed by atoms with Crippen LogP contribution in [0, 0.1) is 17.2 Å². The normalized spacial score (nSPS) is 20.7. The summed E-state index contributed by atoms with van der Waals surface area (Å²) in [5, 5.41) is 17.4. The maximum atomic E-state index is 14.5. The van der Waals surface area contributed by atoms with Crippen molar-refractivity contribution in [1.29, 1.82) is 0 Å². The van der Waals surface area contributed by atoms with Gasteiger partial charge in [0.2, 0.25) is 5.91 Å². The van der Waals surface area contributed by atoms with E-state index >= 15 is 0 Å². The van der Waals surface area contributed by atoms with Gasteiger partial charge < -0.3 is 20.7 Å². The predicted octanol–water partition coefficient (Wildman–Crippen LogP) is 2.45. The molecule has 4 rings (SSSR count). The molecule has 1 atom stereocenters. The number of carbonyl (C=O) groups is 1. The Labute approximate surface area is 175 Å². The second-order valence-electron chi connectivity index (χ2n) is 8.33. The zero-order chi connectivity index (χ0) is 21.0. The number of hydrogen-bond donors (Lipinski definition) is 3. The summed E-state index contributed by atoms with van der Waals surface area (Å²) < 4.78 is 19.9. The third kappa shape index (κ3) is 4.91. The first kappa shape index (κ1) is 20.6. The number of amides is 1. The molecule has 2 aromatic rings. The Morgan fingerprint density at radius 3 is 2.93 bits per heavy atom.